The van der Waals surface area contributed by atoms with Crippen LogP contribution >= 0.6 is 0 Å². The second-order valence-electron chi connectivity index (χ2n) is 4.37. The van der Waals surface area contributed by atoms with E-state index in [2.05, 4.69) is 9.88 Å². The van der Waals surface area contributed by atoms with E-state index in [9.17, 15) is 4.79 Å². The maximum Gasteiger partial charge on any atom is 0.209 e. The van der Waals surface area contributed by atoms with Crippen molar-refractivity contribution in [3.63, 3.8) is 0 Å². The third-order valence-electron chi connectivity index (χ3n) is 3.08. The molecule has 1 aliphatic heterocycles. The first-order valence-corrected chi connectivity index (χ1v) is 5.86. The van der Waals surface area contributed by atoms with Gasteiger partial charge in [0, 0.05) is 38.4 Å². The molecule has 2 heterocycles. The van der Waals surface area contributed by atoms with E-state index in [1.165, 1.54) is 0 Å². The molecule has 2 N–H and O–H groups in total. The van der Waals surface area contributed by atoms with E-state index in [1.54, 1.807) is 4.90 Å². The summed E-state index contributed by atoms with van der Waals surface area (Å²) in [4.78, 5) is 19.0. The Hall–Kier alpha value is -1.62. The molecule has 1 aromatic rings. The monoisotopic (exact) mass is 234 g/mol. The molecule has 0 spiro atoms. The molecule has 1 atom stereocenters. The van der Waals surface area contributed by atoms with Gasteiger partial charge in [-0.3, -0.25) is 4.79 Å². The number of hydrogen-bond donors (Lipinski definition) is 1. The Morgan fingerprint density at radius 2 is 2.06 bits per heavy atom. The van der Waals surface area contributed by atoms with Gasteiger partial charge in [0.05, 0.1) is 0 Å². The second kappa shape index (κ2) is 5.14. The third-order valence-corrected chi connectivity index (χ3v) is 3.08. The Labute approximate surface area is 101 Å². The fourth-order valence-corrected chi connectivity index (χ4v) is 1.91. The Balaban J connectivity index is 2.01. The predicted octanol–water partition coefficient (Wildman–Crippen LogP) is 0.380. The maximum absolute atomic E-state index is 10.6. The molecule has 0 aliphatic carbocycles. The lowest BCUT2D eigenvalue weighted by Crippen LogP contribution is -2.46. The SMILES string of the molecule is C[C@@H](N)c1ccc(N2CCN(C=O)CC2)nc1. The minimum absolute atomic E-state index is 0.0171. The highest BCUT2D eigenvalue weighted by molar-refractivity contribution is 5.49. The van der Waals surface area contributed by atoms with E-state index in [0.717, 1.165) is 44.0 Å². The summed E-state index contributed by atoms with van der Waals surface area (Å²) in [6, 6.07) is 4.03. The van der Waals surface area contributed by atoms with Gasteiger partial charge in [0.2, 0.25) is 6.41 Å². The van der Waals surface area contributed by atoms with Gasteiger partial charge < -0.3 is 15.5 Å². The number of carbonyl (C=O) groups is 1. The van der Waals surface area contributed by atoms with Crippen LogP contribution in [-0.2, 0) is 4.79 Å². The van der Waals surface area contributed by atoms with E-state index in [4.69, 9.17) is 5.73 Å². The van der Waals surface area contributed by atoms with Crippen LogP contribution in [0.3, 0.4) is 0 Å². The summed E-state index contributed by atoms with van der Waals surface area (Å²) in [5.74, 6) is 0.958. The number of nitrogens with two attached hydrogens (primary N) is 1. The average Bonchev–Trinajstić information content (AvgIpc) is 2.39. The summed E-state index contributed by atoms with van der Waals surface area (Å²) >= 11 is 0. The molecule has 1 saturated heterocycles. The molecule has 1 aromatic heterocycles. The molecule has 1 aliphatic rings. The highest BCUT2D eigenvalue weighted by Gasteiger charge is 2.16. The summed E-state index contributed by atoms with van der Waals surface area (Å²) in [6.45, 7) is 5.15. The van der Waals surface area contributed by atoms with Crippen LogP contribution in [0.4, 0.5) is 5.82 Å². The number of rotatable bonds is 3. The zero-order valence-electron chi connectivity index (χ0n) is 10.0. The quantitative estimate of drug-likeness (QED) is 0.768. The summed E-state index contributed by atoms with van der Waals surface area (Å²) in [5.41, 5.74) is 6.82. The van der Waals surface area contributed by atoms with Gasteiger partial charge in [0.25, 0.3) is 0 Å². The zero-order chi connectivity index (χ0) is 12.3. The molecule has 92 valence electrons. The molecule has 17 heavy (non-hydrogen) atoms. The first kappa shape index (κ1) is 11.9. The number of hydrogen-bond acceptors (Lipinski definition) is 4. The highest BCUT2D eigenvalue weighted by Crippen LogP contribution is 2.15. The minimum Gasteiger partial charge on any atom is -0.353 e. The number of anilines is 1. The Bertz CT molecular complexity index is 369. The van der Waals surface area contributed by atoms with E-state index in [0.29, 0.717) is 0 Å². The zero-order valence-corrected chi connectivity index (χ0v) is 10.0. The van der Waals surface area contributed by atoms with E-state index in [-0.39, 0.29) is 6.04 Å². The molecule has 5 heteroatoms. The van der Waals surface area contributed by atoms with Crippen LogP contribution in [0.25, 0.3) is 0 Å². The van der Waals surface area contributed by atoms with Gasteiger partial charge in [-0.25, -0.2) is 4.98 Å². The standard InChI is InChI=1S/C12H18N4O/c1-10(13)11-2-3-12(14-8-11)16-6-4-15(9-17)5-7-16/h2-3,8-10H,4-7,13H2,1H3/t10-/m1/s1. The summed E-state index contributed by atoms with van der Waals surface area (Å²) in [7, 11) is 0. The minimum atomic E-state index is 0.0171. The van der Waals surface area contributed by atoms with Crippen molar-refractivity contribution in [1.29, 1.82) is 0 Å². The van der Waals surface area contributed by atoms with E-state index >= 15 is 0 Å². The number of amides is 1. The second-order valence-corrected chi connectivity index (χ2v) is 4.37. The molecule has 0 radical (unpaired) electrons. The number of aromatic nitrogens is 1. The van der Waals surface area contributed by atoms with Gasteiger partial charge in [-0.15, -0.1) is 0 Å². The van der Waals surface area contributed by atoms with Crippen molar-refractivity contribution in [3.8, 4) is 0 Å². The van der Waals surface area contributed by atoms with Gasteiger partial charge in [-0.05, 0) is 18.6 Å². The van der Waals surface area contributed by atoms with Crippen molar-refractivity contribution in [1.82, 2.24) is 9.88 Å². The Morgan fingerprint density at radius 3 is 2.53 bits per heavy atom. The smallest absolute Gasteiger partial charge is 0.209 e. The number of pyridine rings is 1. The maximum atomic E-state index is 10.6. The molecule has 0 unspecified atom stereocenters. The number of carbonyl (C=O) groups excluding carboxylic acids is 1. The lowest BCUT2D eigenvalue weighted by molar-refractivity contribution is -0.118. The normalized spacial score (nSPS) is 18.0. The number of piperazine rings is 1. The lowest BCUT2D eigenvalue weighted by atomic mass is 10.1. The van der Waals surface area contributed by atoms with Crippen molar-refractivity contribution < 1.29 is 4.79 Å². The molecular weight excluding hydrogens is 216 g/mol. The van der Waals surface area contributed by atoms with Crippen molar-refractivity contribution in [2.45, 2.75) is 13.0 Å². The Kier molecular flexibility index (Phi) is 3.58. The predicted molar refractivity (Wildman–Crippen MR) is 66.7 cm³/mol. The fraction of sp³-hybridized carbons (Fsp3) is 0.500. The number of nitrogens with zero attached hydrogens (tertiary/aromatic N) is 3. The third kappa shape index (κ3) is 2.74. The van der Waals surface area contributed by atoms with Crippen LogP contribution in [0, 0.1) is 0 Å². The van der Waals surface area contributed by atoms with Gasteiger partial charge in [-0.2, -0.15) is 0 Å². The summed E-state index contributed by atoms with van der Waals surface area (Å²) < 4.78 is 0. The van der Waals surface area contributed by atoms with Crippen molar-refractivity contribution in [2.24, 2.45) is 5.73 Å². The van der Waals surface area contributed by atoms with Gasteiger partial charge in [0.15, 0.2) is 0 Å². The van der Waals surface area contributed by atoms with Crippen LogP contribution in [0.1, 0.15) is 18.5 Å². The molecule has 1 amide bonds. The van der Waals surface area contributed by atoms with Crippen LogP contribution in [0.15, 0.2) is 18.3 Å². The molecule has 0 aromatic carbocycles. The van der Waals surface area contributed by atoms with Gasteiger partial charge >= 0.3 is 0 Å². The summed E-state index contributed by atoms with van der Waals surface area (Å²) in [5, 5.41) is 0. The molecule has 1 fully saturated rings. The van der Waals surface area contributed by atoms with Crippen LogP contribution < -0.4 is 10.6 Å². The Morgan fingerprint density at radius 1 is 1.35 bits per heavy atom. The lowest BCUT2D eigenvalue weighted by Gasteiger charge is -2.33. The fourth-order valence-electron chi connectivity index (χ4n) is 1.91. The largest absolute Gasteiger partial charge is 0.353 e. The molecule has 2 rings (SSSR count). The van der Waals surface area contributed by atoms with Gasteiger partial charge in [0.1, 0.15) is 5.82 Å². The molecule has 0 bridgehead atoms. The van der Waals surface area contributed by atoms with Gasteiger partial charge in [-0.1, -0.05) is 6.07 Å². The average molecular weight is 234 g/mol. The molecule has 0 saturated carbocycles. The van der Waals surface area contributed by atoms with Crippen LogP contribution in [-0.4, -0.2) is 42.5 Å². The topological polar surface area (TPSA) is 62.5 Å². The summed E-state index contributed by atoms with van der Waals surface area (Å²) in [6.07, 6.45) is 2.73. The molecular formula is C12H18N4O. The first-order chi connectivity index (χ1) is 8.20. The van der Waals surface area contributed by atoms with Crippen LogP contribution in [0.5, 0.6) is 0 Å². The van der Waals surface area contributed by atoms with Crippen molar-refractivity contribution in [2.75, 3.05) is 31.1 Å². The van der Waals surface area contributed by atoms with Crippen molar-refractivity contribution in [3.05, 3.63) is 23.9 Å². The van der Waals surface area contributed by atoms with E-state index < -0.39 is 0 Å². The van der Waals surface area contributed by atoms with Crippen molar-refractivity contribution >= 4 is 12.2 Å². The molecule has 5 nitrogen and oxygen atoms in total. The van der Waals surface area contributed by atoms with E-state index in [1.807, 2.05) is 25.3 Å². The van der Waals surface area contributed by atoms with Crippen LogP contribution in [0.2, 0.25) is 0 Å². The first-order valence-electron chi connectivity index (χ1n) is 5.86. The highest BCUT2D eigenvalue weighted by atomic mass is 16.1.